The highest BCUT2D eigenvalue weighted by molar-refractivity contribution is 5.91. The fraction of sp³-hybridized carbons (Fsp3) is 0.400. The Bertz CT molecular complexity index is 1350. The van der Waals surface area contributed by atoms with Gasteiger partial charge in [0.15, 0.2) is 0 Å². The van der Waals surface area contributed by atoms with Gasteiger partial charge in [-0.1, -0.05) is 36.4 Å². The number of amides is 1. The lowest BCUT2D eigenvalue weighted by Crippen LogP contribution is -2.54. The van der Waals surface area contributed by atoms with E-state index >= 15 is 0 Å². The molecule has 2 fully saturated rings. The van der Waals surface area contributed by atoms with Crippen LogP contribution in [0.1, 0.15) is 30.0 Å². The maximum absolute atomic E-state index is 14.1. The normalized spacial score (nSPS) is 20.1. The van der Waals surface area contributed by atoms with E-state index in [-0.39, 0.29) is 18.3 Å². The molecule has 0 spiro atoms. The molecule has 2 aliphatic rings. The molecule has 38 heavy (non-hydrogen) atoms. The van der Waals surface area contributed by atoms with Crippen LogP contribution in [0.25, 0.3) is 10.8 Å². The molecule has 0 saturated carbocycles. The third-order valence-corrected chi connectivity index (χ3v) is 8.06. The Balaban J connectivity index is 1.45. The van der Waals surface area contributed by atoms with Gasteiger partial charge in [-0.15, -0.1) is 0 Å². The molecule has 0 aromatic heterocycles. The molecule has 0 radical (unpaired) electrons. The summed E-state index contributed by atoms with van der Waals surface area (Å²) in [6, 6.07) is 18.3. The van der Waals surface area contributed by atoms with Crippen molar-refractivity contribution in [1.29, 1.82) is 5.26 Å². The lowest BCUT2D eigenvalue weighted by molar-refractivity contribution is -0.133. The first-order valence-corrected chi connectivity index (χ1v) is 13.1. The van der Waals surface area contributed by atoms with Crippen molar-refractivity contribution < 1.29 is 18.7 Å². The molecule has 2 atom stereocenters. The van der Waals surface area contributed by atoms with Crippen LogP contribution < -0.4 is 10.1 Å². The van der Waals surface area contributed by atoms with Gasteiger partial charge in [0.2, 0.25) is 5.91 Å². The molecule has 7 nitrogen and oxygen atoms in total. The first-order valence-electron chi connectivity index (χ1n) is 13.1. The molecule has 198 valence electrons. The standard InChI is InChI=1S/C30H33FN4O3/c1-30(23-7-9-24(31)10-8-23,35-12-11-25(20-35)34-13-15-38-16-14-34)29(36)33-19-27-26-6-4-3-5-21(26)17-22(18-32)28(27)37-2/h3-10,17,25H,11-16,19-20H2,1-2H3,(H,33,36). The first kappa shape index (κ1) is 26.1. The fourth-order valence-electron chi connectivity index (χ4n) is 5.86. The summed E-state index contributed by atoms with van der Waals surface area (Å²) in [6.45, 7) is 6.82. The number of nitriles is 1. The van der Waals surface area contributed by atoms with E-state index in [0.717, 1.165) is 67.7 Å². The van der Waals surface area contributed by atoms with Crippen LogP contribution in [-0.4, -0.2) is 68.3 Å². The zero-order valence-corrected chi connectivity index (χ0v) is 21.9. The molecule has 1 amide bonds. The van der Waals surface area contributed by atoms with Gasteiger partial charge in [-0.2, -0.15) is 5.26 Å². The Morgan fingerprint density at radius 3 is 2.63 bits per heavy atom. The molecule has 2 unspecified atom stereocenters. The number of ether oxygens (including phenoxy) is 2. The maximum atomic E-state index is 14.1. The Hall–Kier alpha value is -3.51. The SMILES string of the molecule is COc1c(C#N)cc2ccccc2c1CNC(=O)C(C)(c1ccc(F)cc1)N1CCC(N2CCOCC2)C1. The van der Waals surface area contributed by atoms with E-state index < -0.39 is 5.54 Å². The van der Waals surface area contributed by atoms with Crippen LogP contribution in [0.4, 0.5) is 4.39 Å². The van der Waals surface area contributed by atoms with Gasteiger partial charge in [-0.25, -0.2) is 4.39 Å². The number of carbonyl (C=O) groups is 1. The van der Waals surface area contributed by atoms with E-state index in [4.69, 9.17) is 9.47 Å². The van der Waals surface area contributed by atoms with Crippen LogP contribution in [0.2, 0.25) is 0 Å². The summed E-state index contributed by atoms with van der Waals surface area (Å²) in [5.74, 6) is -0.0579. The minimum absolute atomic E-state index is 0.180. The van der Waals surface area contributed by atoms with Gasteiger partial charge in [0.1, 0.15) is 23.2 Å². The number of nitrogens with zero attached hydrogens (tertiary/aromatic N) is 3. The van der Waals surface area contributed by atoms with Gasteiger partial charge in [-0.3, -0.25) is 14.6 Å². The number of rotatable bonds is 7. The average Bonchev–Trinajstić information content (AvgIpc) is 3.46. The van der Waals surface area contributed by atoms with Crippen molar-refractivity contribution in [3.8, 4) is 11.8 Å². The summed E-state index contributed by atoms with van der Waals surface area (Å²) in [6.07, 6.45) is 0.951. The smallest absolute Gasteiger partial charge is 0.245 e. The Kier molecular flexibility index (Phi) is 7.61. The molecular weight excluding hydrogens is 483 g/mol. The number of methoxy groups -OCH3 is 1. The Labute approximate surface area is 222 Å². The second kappa shape index (κ2) is 11.1. The van der Waals surface area contributed by atoms with Gasteiger partial charge >= 0.3 is 0 Å². The monoisotopic (exact) mass is 516 g/mol. The van der Waals surface area contributed by atoms with Crippen molar-refractivity contribution >= 4 is 16.7 Å². The summed E-state index contributed by atoms with van der Waals surface area (Å²) in [4.78, 5) is 18.7. The van der Waals surface area contributed by atoms with E-state index in [1.165, 1.54) is 19.2 Å². The average molecular weight is 517 g/mol. The molecule has 5 rings (SSSR count). The number of nitrogens with one attached hydrogen (secondary N) is 1. The van der Waals surface area contributed by atoms with Gasteiger partial charge < -0.3 is 14.8 Å². The zero-order chi connectivity index (χ0) is 26.7. The predicted octanol–water partition coefficient (Wildman–Crippen LogP) is 3.80. The highest BCUT2D eigenvalue weighted by Gasteiger charge is 2.45. The topological polar surface area (TPSA) is 77.8 Å². The highest BCUT2D eigenvalue weighted by atomic mass is 19.1. The number of fused-ring (bicyclic) bond motifs is 1. The maximum Gasteiger partial charge on any atom is 0.245 e. The molecular formula is C30H33FN4O3. The van der Waals surface area contributed by atoms with Crippen LogP contribution in [0.5, 0.6) is 5.75 Å². The number of carbonyl (C=O) groups excluding carboxylic acids is 1. The lowest BCUT2D eigenvalue weighted by atomic mass is 9.88. The van der Waals surface area contributed by atoms with Crippen LogP contribution in [0, 0.1) is 17.1 Å². The predicted molar refractivity (Wildman–Crippen MR) is 143 cm³/mol. The quantitative estimate of drug-likeness (QED) is 0.515. The largest absolute Gasteiger partial charge is 0.495 e. The molecule has 3 aromatic carbocycles. The number of hydrogen-bond acceptors (Lipinski definition) is 6. The molecule has 2 heterocycles. The van der Waals surface area contributed by atoms with Crippen molar-refractivity contribution in [1.82, 2.24) is 15.1 Å². The van der Waals surface area contributed by atoms with Crippen molar-refractivity contribution in [2.75, 3.05) is 46.5 Å². The second-order valence-electron chi connectivity index (χ2n) is 10.1. The molecule has 0 bridgehead atoms. The van der Waals surface area contributed by atoms with Crippen LogP contribution in [0.15, 0.2) is 54.6 Å². The van der Waals surface area contributed by atoms with Crippen molar-refractivity contribution in [3.63, 3.8) is 0 Å². The third kappa shape index (κ3) is 4.85. The van der Waals surface area contributed by atoms with Crippen LogP contribution >= 0.6 is 0 Å². The number of hydrogen-bond donors (Lipinski definition) is 1. The highest BCUT2D eigenvalue weighted by Crippen LogP contribution is 2.35. The van der Waals surface area contributed by atoms with Crippen molar-refractivity contribution in [3.05, 3.63) is 77.1 Å². The van der Waals surface area contributed by atoms with E-state index in [1.807, 2.05) is 31.2 Å². The van der Waals surface area contributed by atoms with E-state index in [0.29, 0.717) is 17.4 Å². The molecule has 2 aliphatic heterocycles. The zero-order valence-electron chi connectivity index (χ0n) is 21.9. The first-order chi connectivity index (χ1) is 18.5. The van der Waals surface area contributed by atoms with Crippen LogP contribution in [0.3, 0.4) is 0 Å². The summed E-state index contributed by atoms with van der Waals surface area (Å²) in [7, 11) is 1.54. The number of likely N-dealkylation sites (tertiary alicyclic amines) is 1. The van der Waals surface area contributed by atoms with E-state index in [9.17, 15) is 14.4 Å². The summed E-state index contributed by atoms with van der Waals surface area (Å²) in [5, 5.41) is 14.7. The van der Waals surface area contributed by atoms with E-state index in [1.54, 1.807) is 18.2 Å². The van der Waals surface area contributed by atoms with Gasteiger partial charge in [0, 0.05) is 44.3 Å². The molecule has 8 heteroatoms. The Morgan fingerprint density at radius 2 is 1.92 bits per heavy atom. The second-order valence-corrected chi connectivity index (χ2v) is 10.1. The number of benzene rings is 3. The lowest BCUT2D eigenvalue weighted by Gasteiger charge is -2.39. The summed E-state index contributed by atoms with van der Waals surface area (Å²) < 4.78 is 25.0. The van der Waals surface area contributed by atoms with Crippen LogP contribution in [-0.2, 0) is 21.6 Å². The summed E-state index contributed by atoms with van der Waals surface area (Å²) >= 11 is 0. The van der Waals surface area contributed by atoms with Gasteiger partial charge in [-0.05, 0) is 47.9 Å². The molecule has 0 aliphatic carbocycles. The van der Waals surface area contributed by atoms with Crippen molar-refractivity contribution in [2.45, 2.75) is 31.5 Å². The fourth-order valence-corrected chi connectivity index (χ4v) is 5.86. The Morgan fingerprint density at radius 1 is 1.18 bits per heavy atom. The van der Waals surface area contributed by atoms with Gasteiger partial charge in [0.05, 0.1) is 25.9 Å². The molecule has 3 aromatic rings. The molecule has 1 N–H and O–H groups in total. The minimum atomic E-state index is -1.01. The number of halogens is 1. The minimum Gasteiger partial charge on any atom is -0.495 e. The van der Waals surface area contributed by atoms with E-state index in [2.05, 4.69) is 21.2 Å². The van der Waals surface area contributed by atoms with Gasteiger partial charge in [0.25, 0.3) is 0 Å². The molecule has 2 saturated heterocycles. The summed E-state index contributed by atoms with van der Waals surface area (Å²) in [5.41, 5.74) is 0.904. The number of morpholine rings is 1. The third-order valence-electron chi connectivity index (χ3n) is 8.06. The van der Waals surface area contributed by atoms with Crippen molar-refractivity contribution in [2.24, 2.45) is 0 Å².